The van der Waals surface area contributed by atoms with E-state index in [1.165, 1.54) is 5.92 Å². The molecule has 1 nitrogen and oxygen atoms in total. The van der Waals surface area contributed by atoms with Crippen LogP contribution in [-0.2, 0) is 0 Å². The van der Waals surface area contributed by atoms with Crippen molar-refractivity contribution in [2.24, 2.45) is 5.92 Å². The zero-order valence-electron chi connectivity index (χ0n) is 6.99. The standard InChI is InChI=1S/C8H18N/c1-7(2)5-9-6-8(3)4/h7,9H,5-6H2,1-4H3. The first kappa shape index (κ1) is 8.96. The summed E-state index contributed by atoms with van der Waals surface area (Å²) < 4.78 is 0. The molecule has 1 heteroatoms. The lowest BCUT2D eigenvalue weighted by atomic mass is 10.2. The summed E-state index contributed by atoms with van der Waals surface area (Å²) in [6, 6.07) is 0. The van der Waals surface area contributed by atoms with Gasteiger partial charge in [0.05, 0.1) is 0 Å². The Hall–Kier alpha value is -0.0400. The van der Waals surface area contributed by atoms with Gasteiger partial charge >= 0.3 is 0 Å². The maximum atomic E-state index is 3.35. The Balaban J connectivity index is 2.91. The quantitative estimate of drug-likeness (QED) is 0.609. The van der Waals surface area contributed by atoms with Gasteiger partial charge in [0, 0.05) is 6.54 Å². The van der Waals surface area contributed by atoms with E-state index in [0.717, 1.165) is 19.0 Å². The third kappa shape index (κ3) is 7.96. The van der Waals surface area contributed by atoms with Crippen molar-refractivity contribution in [3.63, 3.8) is 0 Å². The molecule has 0 rings (SSSR count). The summed E-state index contributed by atoms with van der Waals surface area (Å²) in [7, 11) is 0. The fourth-order valence-corrected chi connectivity index (χ4v) is 0.611. The molecule has 0 atom stereocenters. The summed E-state index contributed by atoms with van der Waals surface area (Å²) in [6.07, 6.45) is 0. The van der Waals surface area contributed by atoms with E-state index in [1.807, 2.05) is 0 Å². The Labute approximate surface area is 58.8 Å². The summed E-state index contributed by atoms with van der Waals surface area (Å²) in [4.78, 5) is 0. The molecule has 0 spiro atoms. The molecule has 0 saturated carbocycles. The van der Waals surface area contributed by atoms with Crippen LogP contribution in [0.4, 0.5) is 0 Å². The molecule has 0 bridgehead atoms. The lowest BCUT2D eigenvalue weighted by molar-refractivity contribution is 0.559. The highest BCUT2D eigenvalue weighted by Crippen LogP contribution is 1.92. The molecule has 0 aromatic heterocycles. The topological polar surface area (TPSA) is 12.0 Å². The molecule has 0 aliphatic heterocycles. The Kier molecular flexibility index (Phi) is 4.78. The van der Waals surface area contributed by atoms with Gasteiger partial charge in [0.15, 0.2) is 0 Å². The Morgan fingerprint density at radius 2 is 1.89 bits per heavy atom. The third-order valence-corrected chi connectivity index (χ3v) is 1.03. The predicted octanol–water partition coefficient (Wildman–Crippen LogP) is 1.85. The molecular weight excluding hydrogens is 110 g/mol. The van der Waals surface area contributed by atoms with Crippen LogP contribution < -0.4 is 5.32 Å². The van der Waals surface area contributed by atoms with Crippen LogP contribution in [0.2, 0.25) is 0 Å². The van der Waals surface area contributed by atoms with Gasteiger partial charge in [0.2, 0.25) is 0 Å². The van der Waals surface area contributed by atoms with Crippen molar-refractivity contribution in [1.82, 2.24) is 5.32 Å². The summed E-state index contributed by atoms with van der Waals surface area (Å²) in [5, 5.41) is 3.35. The first-order chi connectivity index (χ1) is 4.13. The molecule has 9 heavy (non-hydrogen) atoms. The molecule has 0 heterocycles. The highest BCUT2D eigenvalue weighted by atomic mass is 14.9. The monoisotopic (exact) mass is 128 g/mol. The van der Waals surface area contributed by atoms with Gasteiger partial charge in [-0.1, -0.05) is 27.7 Å². The second kappa shape index (κ2) is 4.80. The molecule has 0 aliphatic rings. The largest absolute Gasteiger partial charge is 0.316 e. The second-order valence-electron chi connectivity index (χ2n) is 3.23. The fourth-order valence-electron chi connectivity index (χ4n) is 0.611. The van der Waals surface area contributed by atoms with Crippen LogP contribution in [-0.4, -0.2) is 13.1 Å². The van der Waals surface area contributed by atoms with Gasteiger partial charge in [0.25, 0.3) is 0 Å². The van der Waals surface area contributed by atoms with Crippen molar-refractivity contribution in [2.45, 2.75) is 27.7 Å². The predicted molar refractivity (Wildman–Crippen MR) is 42.3 cm³/mol. The summed E-state index contributed by atoms with van der Waals surface area (Å²) in [5.74, 6) is 2.22. The summed E-state index contributed by atoms with van der Waals surface area (Å²) >= 11 is 0. The molecule has 0 unspecified atom stereocenters. The van der Waals surface area contributed by atoms with Gasteiger partial charge in [-0.05, 0) is 18.4 Å². The van der Waals surface area contributed by atoms with E-state index in [1.54, 1.807) is 0 Å². The van der Waals surface area contributed by atoms with Crippen molar-refractivity contribution < 1.29 is 0 Å². The van der Waals surface area contributed by atoms with Gasteiger partial charge in [-0.15, -0.1) is 0 Å². The zero-order chi connectivity index (χ0) is 7.28. The van der Waals surface area contributed by atoms with Crippen LogP contribution in [0.15, 0.2) is 0 Å². The smallest absolute Gasteiger partial charge is 0.000822 e. The van der Waals surface area contributed by atoms with Crippen molar-refractivity contribution >= 4 is 0 Å². The average Bonchev–Trinajstić information content (AvgIpc) is 1.63. The number of rotatable bonds is 4. The highest BCUT2D eigenvalue weighted by Gasteiger charge is 1.94. The molecule has 0 amide bonds. The lowest BCUT2D eigenvalue weighted by Crippen LogP contribution is -2.23. The maximum absolute atomic E-state index is 3.35. The zero-order valence-corrected chi connectivity index (χ0v) is 6.99. The SMILES string of the molecule is C[C](C)CNCC(C)C. The summed E-state index contributed by atoms with van der Waals surface area (Å²) in [6.45, 7) is 10.9. The molecular formula is C8H18N. The Bertz CT molecular complexity index is 49.6. The first-order valence-electron chi connectivity index (χ1n) is 3.62. The van der Waals surface area contributed by atoms with E-state index >= 15 is 0 Å². The van der Waals surface area contributed by atoms with Gasteiger partial charge in [-0.3, -0.25) is 0 Å². The summed E-state index contributed by atoms with van der Waals surface area (Å²) in [5.41, 5.74) is 0. The van der Waals surface area contributed by atoms with Crippen LogP contribution in [0.25, 0.3) is 0 Å². The van der Waals surface area contributed by atoms with E-state index in [4.69, 9.17) is 0 Å². The molecule has 0 saturated heterocycles. The van der Waals surface area contributed by atoms with Crippen LogP contribution in [0.5, 0.6) is 0 Å². The second-order valence-corrected chi connectivity index (χ2v) is 3.23. The van der Waals surface area contributed by atoms with E-state index in [2.05, 4.69) is 33.0 Å². The van der Waals surface area contributed by atoms with Gasteiger partial charge in [-0.25, -0.2) is 0 Å². The minimum absolute atomic E-state index is 0.768. The van der Waals surface area contributed by atoms with Crippen molar-refractivity contribution in [2.75, 3.05) is 13.1 Å². The fraction of sp³-hybridized carbons (Fsp3) is 0.875. The van der Waals surface area contributed by atoms with E-state index in [0.29, 0.717) is 0 Å². The molecule has 1 N–H and O–H groups in total. The molecule has 55 valence electrons. The van der Waals surface area contributed by atoms with E-state index < -0.39 is 0 Å². The van der Waals surface area contributed by atoms with E-state index in [-0.39, 0.29) is 0 Å². The molecule has 0 aromatic carbocycles. The van der Waals surface area contributed by atoms with Crippen molar-refractivity contribution in [3.05, 3.63) is 5.92 Å². The van der Waals surface area contributed by atoms with Crippen LogP contribution >= 0.6 is 0 Å². The lowest BCUT2D eigenvalue weighted by Gasteiger charge is -2.08. The van der Waals surface area contributed by atoms with E-state index in [9.17, 15) is 0 Å². The molecule has 0 fully saturated rings. The molecule has 0 aromatic rings. The molecule has 0 aliphatic carbocycles. The van der Waals surface area contributed by atoms with Crippen LogP contribution in [0, 0.1) is 11.8 Å². The average molecular weight is 128 g/mol. The number of nitrogens with one attached hydrogen (secondary N) is 1. The third-order valence-electron chi connectivity index (χ3n) is 1.03. The first-order valence-corrected chi connectivity index (χ1v) is 3.62. The molecule has 1 radical (unpaired) electrons. The Morgan fingerprint density at radius 1 is 1.33 bits per heavy atom. The van der Waals surface area contributed by atoms with Crippen LogP contribution in [0.3, 0.4) is 0 Å². The van der Waals surface area contributed by atoms with Crippen LogP contribution in [0.1, 0.15) is 27.7 Å². The normalized spacial score (nSPS) is 11.3. The Morgan fingerprint density at radius 3 is 2.22 bits per heavy atom. The number of hydrogen-bond acceptors (Lipinski definition) is 1. The highest BCUT2D eigenvalue weighted by molar-refractivity contribution is 4.79. The van der Waals surface area contributed by atoms with Gasteiger partial charge in [0.1, 0.15) is 0 Å². The number of hydrogen-bond donors (Lipinski definition) is 1. The van der Waals surface area contributed by atoms with Gasteiger partial charge in [-0.2, -0.15) is 0 Å². The van der Waals surface area contributed by atoms with Gasteiger partial charge < -0.3 is 5.32 Å². The minimum atomic E-state index is 0.768. The van der Waals surface area contributed by atoms with Crippen molar-refractivity contribution in [3.8, 4) is 0 Å². The maximum Gasteiger partial charge on any atom is 0.000822 e. The van der Waals surface area contributed by atoms with Crippen molar-refractivity contribution in [1.29, 1.82) is 0 Å². The minimum Gasteiger partial charge on any atom is -0.316 e.